The molecule has 0 spiro atoms. The number of nitrogen functional groups attached to an aromatic ring is 2. The molecule has 2 rings (SSSR count). The van der Waals surface area contributed by atoms with Gasteiger partial charge in [-0.25, -0.2) is 0 Å². The molecule has 1 aliphatic rings. The molecule has 0 bridgehead atoms. The van der Waals surface area contributed by atoms with E-state index in [9.17, 15) is 0 Å². The van der Waals surface area contributed by atoms with Gasteiger partial charge >= 0.3 is 0 Å². The third kappa shape index (κ3) is 2.52. The molecule has 1 aromatic heterocycles. The van der Waals surface area contributed by atoms with Crippen molar-refractivity contribution in [3.63, 3.8) is 0 Å². The van der Waals surface area contributed by atoms with Gasteiger partial charge in [0.05, 0.1) is 6.10 Å². The van der Waals surface area contributed by atoms with Crippen LogP contribution in [-0.4, -0.2) is 29.2 Å². The second-order valence-corrected chi connectivity index (χ2v) is 4.04. The molecule has 88 valence electrons. The summed E-state index contributed by atoms with van der Waals surface area (Å²) >= 11 is 0. The zero-order chi connectivity index (χ0) is 11.5. The van der Waals surface area contributed by atoms with Gasteiger partial charge in [0.2, 0.25) is 5.95 Å². The van der Waals surface area contributed by atoms with Crippen molar-refractivity contribution in [2.45, 2.75) is 19.4 Å². The monoisotopic (exact) mass is 223 g/mol. The van der Waals surface area contributed by atoms with Gasteiger partial charge in [-0.05, 0) is 13.3 Å². The standard InChI is InChI=1S/C10H17N5O/c1-6-7(2-3-16-6)5-13-9-4-8(11)14-10(12)15-9/h4,6-7H,2-3,5H2,1H3,(H5,11,12,13,14,15). The zero-order valence-electron chi connectivity index (χ0n) is 9.31. The smallest absolute Gasteiger partial charge is 0.223 e. The highest BCUT2D eigenvalue weighted by atomic mass is 16.5. The number of anilines is 3. The largest absolute Gasteiger partial charge is 0.383 e. The molecule has 6 nitrogen and oxygen atoms in total. The molecule has 6 heteroatoms. The first-order valence-corrected chi connectivity index (χ1v) is 5.40. The molecule has 0 aliphatic carbocycles. The Labute approximate surface area is 94.4 Å². The van der Waals surface area contributed by atoms with E-state index in [1.807, 2.05) is 0 Å². The lowest BCUT2D eigenvalue weighted by Gasteiger charge is -2.15. The van der Waals surface area contributed by atoms with Crippen LogP contribution in [0.25, 0.3) is 0 Å². The highest BCUT2D eigenvalue weighted by Gasteiger charge is 2.23. The van der Waals surface area contributed by atoms with Crippen LogP contribution in [0.2, 0.25) is 0 Å². The molecule has 1 fully saturated rings. The minimum atomic E-state index is 0.193. The first-order chi connectivity index (χ1) is 7.65. The molecule has 0 saturated carbocycles. The van der Waals surface area contributed by atoms with Crippen LogP contribution in [-0.2, 0) is 4.74 Å². The molecule has 2 unspecified atom stereocenters. The van der Waals surface area contributed by atoms with Crippen LogP contribution in [0.3, 0.4) is 0 Å². The first-order valence-electron chi connectivity index (χ1n) is 5.40. The fourth-order valence-electron chi connectivity index (χ4n) is 1.86. The molecule has 0 aromatic carbocycles. The third-order valence-corrected chi connectivity index (χ3v) is 2.84. The van der Waals surface area contributed by atoms with E-state index in [4.69, 9.17) is 16.2 Å². The molecule has 1 aromatic rings. The van der Waals surface area contributed by atoms with Gasteiger partial charge in [0.25, 0.3) is 0 Å². The molecule has 1 aliphatic heterocycles. The Morgan fingerprint density at radius 3 is 2.94 bits per heavy atom. The van der Waals surface area contributed by atoms with Gasteiger partial charge in [0.15, 0.2) is 0 Å². The Balaban J connectivity index is 1.94. The van der Waals surface area contributed by atoms with Crippen LogP contribution in [0.4, 0.5) is 17.6 Å². The highest BCUT2D eigenvalue weighted by molar-refractivity contribution is 5.48. The highest BCUT2D eigenvalue weighted by Crippen LogP contribution is 2.21. The van der Waals surface area contributed by atoms with Gasteiger partial charge in [0, 0.05) is 25.1 Å². The van der Waals surface area contributed by atoms with E-state index in [0.717, 1.165) is 19.6 Å². The van der Waals surface area contributed by atoms with E-state index < -0.39 is 0 Å². The van der Waals surface area contributed by atoms with Gasteiger partial charge in [-0.2, -0.15) is 9.97 Å². The van der Waals surface area contributed by atoms with Gasteiger partial charge < -0.3 is 21.5 Å². The molecule has 0 radical (unpaired) electrons. The van der Waals surface area contributed by atoms with Crippen LogP contribution in [0.1, 0.15) is 13.3 Å². The Bertz CT molecular complexity index is 350. The van der Waals surface area contributed by atoms with Crippen molar-refractivity contribution in [2.24, 2.45) is 5.92 Å². The summed E-state index contributed by atoms with van der Waals surface area (Å²) in [5.41, 5.74) is 11.1. The maximum absolute atomic E-state index is 5.57. The summed E-state index contributed by atoms with van der Waals surface area (Å²) in [6, 6.07) is 1.68. The number of ether oxygens (including phenoxy) is 1. The topological polar surface area (TPSA) is 99.1 Å². The van der Waals surface area contributed by atoms with Crippen molar-refractivity contribution >= 4 is 17.6 Å². The molecule has 5 N–H and O–H groups in total. The van der Waals surface area contributed by atoms with Crippen molar-refractivity contribution in [3.05, 3.63) is 6.07 Å². The lowest BCUT2D eigenvalue weighted by Crippen LogP contribution is -2.21. The third-order valence-electron chi connectivity index (χ3n) is 2.84. The molecule has 2 heterocycles. The zero-order valence-corrected chi connectivity index (χ0v) is 9.31. The van der Waals surface area contributed by atoms with Gasteiger partial charge in [-0.3, -0.25) is 0 Å². The second kappa shape index (κ2) is 4.52. The van der Waals surface area contributed by atoms with E-state index in [1.54, 1.807) is 6.07 Å². The summed E-state index contributed by atoms with van der Waals surface area (Å²) in [6.07, 6.45) is 1.37. The molecule has 1 saturated heterocycles. The van der Waals surface area contributed by atoms with Gasteiger partial charge in [-0.1, -0.05) is 0 Å². The van der Waals surface area contributed by atoms with E-state index in [1.165, 1.54) is 0 Å². The van der Waals surface area contributed by atoms with Crippen molar-refractivity contribution < 1.29 is 4.74 Å². The summed E-state index contributed by atoms with van der Waals surface area (Å²) in [5.74, 6) is 1.76. The summed E-state index contributed by atoms with van der Waals surface area (Å²) < 4.78 is 5.48. The maximum Gasteiger partial charge on any atom is 0.223 e. The second-order valence-electron chi connectivity index (χ2n) is 4.04. The number of rotatable bonds is 3. The number of hydrogen-bond donors (Lipinski definition) is 3. The Kier molecular flexibility index (Phi) is 3.09. The van der Waals surface area contributed by atoms with Crippen molar-refractivity contribution in [3.8, 4) is 0 Å². The molecular weight excluding hydrogens is 206 g/mol. The Hall–Kier alpha value is -1.56. The number of nitrogens with zero attached hydrogens (tertiary/aromatic N) is 2. The number of aromatic nitrogens is 2. The average molecular weight is 223 g/mol. The average Bonchev–Trinajstić information content (AvgIpc) is 2.59. The molecule has 2 atom stereocenters. The number of nitrogens with two attached hydrogens (primary N) is 2. The van der Waals surface area contributed by atoms with Crippen molar-refractivity contribution in [1.82, 2.24) is 9.97 Å². The Morgan fingerprint density at radius 2 is 2.31 bits per heavy atom. The van der Waals surface area contributed by atoms with Crippen molar-refractivity contribution in [2.75, 3.05) is 29.9 Å². The van der Waals surface area contributed by atoms with E-state index in [0.29, 0.717) is 23.7 Å². The van der Waals surface area contributed by atoms with Crippen LogP contribution < -0.4 is 16.8 Å². The minimum Gasteiger partial charge on any atom is -0.383 e. The summed E-state index contributed by atoms with van der Waals surface area (Å²) in [7, 11) is 0. The fourth-order valence-corrected chi connectivity index (χ4v) is 1.86. The molecule has 0 amide bonds. The predicted molar refractivity (Wildman–Crippen MR) is 62.9 cm³/mol. The van der Waals surface area contributed by atoms with Crippen LogP contribution in [0.15, 0.2) is 6.07 Å². The summed E-state index contributed by atoms with van der Waals surface area (Å²) in [5, 5.41) is 3.21. The van der Waals surface area contributed by atoms with Gasteiger partial charge in [-0.15, -0.1) is 0 Å². The maximum atomic E-state index is 5.57. The SMILES string of the molecule is CC1OCCC1CNc1cc(N)nc(N)n1. The quantitative estimate of drug-likeness (QED) is 0.689. The lowest BCUT2D eigenvalue weighted by molar-refractivity contribution is 0.108. The van der Waals surface area contributed by atoms with Crippen molar-refractivity contribution in [1.29, 1.82) is 0 Å². The predicted octanol–water partition coefficient (Wildman–Crippen LogP) is 0.478. The van der Waals surface area contributed by atoms with E-state index in [2.05, 4.69) is 22.2 Å². The van der Waals surface area contributed by atoms with Crippen LogP contribution in [0.5, 0.6) is 0 Å². The summed E-state index contributed by atoms with van der Waals surface area (Å²) in [6.45, 7) is 3.74. The normalized spacial score (nSPS) is 24.6. The Morgan fingerprint density at radius 1 is 1.50 bits per heavy atom. The van der Waals surface area contributed by atoms with E-state index >= 15 is 0 Å². The summed E-state index contributed by atoms with van der Waals surface area (Å²) in [4.78, 5) is 7.86. The van der Waals surface area contributed by atoms with Crippen LogP contribution >= 0.6 is 0 Å². The first kappa shape index (κ1) is 10.9. The molecular formula is C10H17N5O. The number of hydrogen-bond acceptors (Lipinski definition) is 6. The molecule has 16 heavy (non-hydrogen) atoms. The number of nitrogens with one attached hydrogen (secondary N) is 1. The fraction of sp³-hybridized carbons (Fsp3) is 0.600. The van der Waals surface area contributed by atoms with Gasteiger partial charge in [0.1, 0.15) is 11.6 Å². The lowest BCUT2D eigenvalue weighted by atomic mass is 10.0. The minimum absolute atomic E-state index is 0.193. The van der Waals surface area contributed by atoms with Crippen LogP contribution in [0, 0.1) is 5.92 Å². The van der Waals surface area contributed by atoms with E-state index in [-0.39, 0.29) is 5.95 Å².